The molecule has 1 N–H and O–H groups in total. The molecule has 0 bridgehead atoms. The molecule has 1 heterocycles. The second-order valence-electron chi connectivity index (χ2n) is 4.39. The third-order valence-corrected chi connectivity index (χ3v) is 2.83. The first kappa shape index (κ1) is 15.1. The summed E-state index contributed by atoms with van der Waals surface area (Å²) >= 11 is 0. The van der Waals surface area contributed by atoms with Crippen LogP contribution in [0.2, 0.25) is 0 Å². The van der Waals surface area contributed by atoms with Crippen LogP contribution in [0.4, 0.5) is 5.69 Å². The predicted octanol–water partition coefficient (Wildman–Crippen LogP) is 1.06. The van der Waals surface area contributed by atoms with Gasteiger partial charge in [0.25, 0.3) is 17.2 Å². The fourth-order valence-electron chi connectivity index (χ4n) is 1.71. The summed E-state index contributed by atoms with van der Waals surface area (Å²) in [5, 5.41) is 14.3. The number of aryl methyl sites for hydroxylation is 1. The average Bonchev–Trinajstić information content (AvgIpc) is 2.50. The summed E-state index contributed by atoms with van der Waals surface area (Å²) in [6, 6.07) is 8.74. The lowest BCUT2D eigenvalue weighted by Crippen LogP contribution is -2.29. The third-order valence-electron chi connectivity index (χ3n) is 2.83. The number of carbonyl (C=O) groups excluding carboxylic acids is 1. The molecule has 8 heteroatoms. The minimum atomic E-state index is -0.650. The van der Waals surface area contributed by atoms with Crippen LogP contribution in [0.25, 0.3) is 0 Å². The van der Waals surface area contributed by atoms with Crippen molar-refractivity contribution in [2.45, 2.75) is 0 Å². The van der Waals surface area contributed by atoms with Crippen molar-refractivity contribution in [3.05, 3.63) is 74.2 Å². The normalized spacial score (nSPS) is 10.6. The van der Waals surface area contributed by atoms with Crippen molar-refractivity contribution >= 4 is 17.8 Å². The quantitative estimate of drug-likeness (QED) is 0.517. The van der Waals surface area contributed by atoms with Crippen LogP contribution in [-0.2, 0) is 7.05 Å². The number of rotatable bonds is 4. The van der Waals surface area contributed by atoms with Crippen molar-refractivity contribution in [2.24, 2.45) is 12.1 Å². The van der Waals surface area contributed by atoms with E-state index in [2.05, 4.69) is 10.5 Å². The van der Waals surface area contributed by atoms with E-state index in [4.69, 9.17) is 0 Å². The van der Waals surface area contributed by atoms with Crippen LogP contribution in [0, 0.1) is 10.1 Å². The molecule has 0 spiro atoms. The molecule has 1 aromatic carbocycles. The van der Waals surface area contributed by atoms with E-state index in [1.54, 1.807) is 12.1 Å². The largest absolute Gasteiger partial charge is 0.318 e. The molecular weight excluding hydrogens is 288 g/mol. The average molecular weight is 300 g/mol. The molecule has 0 atom stereocenters. The first-order chi connectivity index (χ1) is 10.5. The minimum Gasteiger partial charge on any atom is -0.318 e. The standard InChI is InChI=1S/C14H12N4O4/c1-17-7-3-6-12(14(17)20)13(19)16-15-9-10-4-2-5-11(8-10)18(21)22/h2-9H,1H3,(H,16,19)/b15-9-. The highest BCUT2D eigenvalue weighted by molar-refractivity contribution is 5.94. The minimum absolute atomic E-state index is 0.0406. The van der Waals surface area contributed by atoms with Crippen molar-refractivity contribution in [3.63, 3.8) is 0 Å². The zero-order valence-corrected chi connectivity index (χ0v) is 11.6. The first-order valence-electron chi connectivity index (χ1n) is 6.22. The van der Waals surface area contributed by atoms with Crippen LogP contribution in [0.1, 0.15) is 15.9 Å². The maximum atomic E-state index is 11.8. The number of hydrogen-bond acceptors (Lipinski definition) is 5. The highest BCUT2D eigenvalue weighted by Crippen LogP contribution is 2.11. The first-order valence-corrected chi connectivity index (χ1v) is 6.22. The van der Waals surface area contributed by atoms with Crippen LogP contribution in [-0.4, -0.2) is 21.6 Å². The molecule has 2 rings (SSSR count). The van der Waals surface area contributed by atoms with Crippen LogP contribution in [0.3, 0.4) is 0 Å². The lowest BCUT2D eigenvalue weighted by atomic mass is 10.2. The topological polar surface area (TPSA) is 107 Å². The number of pyridine rings is 1. The summed E-state index contributed by atoms with van der Waals surface area (Å²) in [6.45, 7) is 0. The predicted molar refractivity (Wildman–Crippen MR) is 79.8 cm³/mol. The van der Waals surface area contributed by atoms with Crippen LogP contribution >= 0.6 is 0 Å². The number of benzene rings is 1. The number of non-ortho nitro benzene ring substituents is 1. The SMILES string of the molecule is Cn1cccc(C(=O)N/N=C\c2cccc([N+](=O)[O-])c2)c1=O. The number of aromatic nitrogens is 1. The molecule has 8 nitrogen and oxygen atoms in total. The Hall–Kier alpha value is -3.29. The van der Waals surface area contributed by atoms with E-state index in [1.807, 2.05) is 0 Å². The van der Waals surface area contributed by atoms with Gasteiger partial charge in [0, 0.05) is 30.9 Å². The van der Waals surface area contributed by atoms with Crippen LogP contribution in [0.5, 0.6) is 0 Å². The van der Waals surface area contributed by atoms with E-state index in [9.17, 15) is 19.7 Å². The van der Waals surface area contributed by atoms with Gasteiger partial charge in [-0.2, -0.15) is 5.10 Å². The molecule has 0 aliphatic heterocycles. The van der Waals surface area contributed by atoms with Gasteiger partial charge in [-0.15, -0.1) is 0 Å². The summed E-state index contributed by atoms with van der Waals surface area (Å²) in [5.41, 5.74) is 2.11. The fraction of sp³-hybridized carbons (Fsp3) is 0.0714. The third kappa shape index (κ3) is 3.42. The Morgan fingerprint density at radius 3 is 2.86 bits per heavy atom. The van der Waals surface area contributed by atoms with Crippen molar-refractivity contribution < 1.29 is 9.72 Å². The molecule has 0 aliphatic rings. The van der Waals surface area contributed by atoms with E-state index in [0.29, 0.717) is 5.56 Å². The van der Waals surface area contributed by atoms with Crippen molar-refractivity contribution in [2.75, 3.05) is 0 Å². The summed E-state index contributed by atoms with van der Waals surface area (Å²) < 4.78 is 1.28. The van der Waals surface area contributed by atoms with E-state index in [1.165, 1.54) is 48.3 Å². The van der Waals surface area contributed by atoms with Gasteiger partial charge in [0.1, 0.15) is 5.56 Å². The fourth-order valence-corrected chi connectivity index (χ4v) is 1.71. The number of nitrogens with zero attached hydrogens (tertiary/aromatic N) is 3. The second kappa shape index (κ2) is 6.44. The maximum Gasteiger partial charge on any atom is 0.276 e. The Morgan fingerprint density at radius 1 is 1.36 bits per heavy atom. The van der Waals surface area contributed by atoms with Crippen LogP contribution in [0.15, 0.2) is 52.5 Å². The molecule has 22 heavy (non-hydrogen) atoms. The Morgan fingerprint density at radius 2 is 2.14 bits per heavy atom. The van der Waals surface area contributed by atoms with Crippen LogP contribution < -0.4 is 11.0 Å². The molecule has 1 amide bonds. The summed E-state index contributed by atoms with van der Waals surface area (Å²) in [6.07, 6.45) is 2.80. The number of hydrogen-bond donors (Lipinski definition) is 1. The second-order valence-corrected chi connectivity index (χ2v) is 4.39. The van der Waals surface area contributed by atoms with E-state index >= 15 is 0 Å². The van der Waals surface area contributed by atoms with E-state index in [0.717, 1.165) is 0 Å². The number of carbonyl (C=O) groups is 1. The molecule has 2 aromatic rings. The Labute approximate surface area is 124 Å². The number of amides is 1. The number of nitrogens with one attached hydrogen (secondary N) is 1. The van der Waals surface area contributed by atoms with Gasteiger partial charge < -0.3 is 4.57 Å². The maximum absolute atomic E-state index is 11.8. The molecule has 0 aliphatic carbocycles. The number of nitro groups is 1. The van der Waals surface area contributed by atoms with Gasteiger partial charge in [-0.3, -0.25) is 19.7 Å². The molecular formula is C14H12N4O4. The molecule has 112 valence electrons. The van der Waals surface area contributed by atoms with Crippen molar-refractivity contribution in [3.8, 4) is 0 Å². The Kier molecular flexibility index (Phi) is 4.42. The highest BCUT2D eigenvalue weighted by Gasteiger charge is 2.09. The van der Waals surface area contributed by atoms with Gasteiger partial charge >= 0.3 is 0 Å². The number of hydrazone groups is 1. The van der Waals surface area contributed by atoms with Crippen molar-refractivity contribution in [1.29, 1.82) is 0 Å². The van der Waals surface area contributed by atoms with E-state index in [-0.39, 0.29) is 11.3 Å². The van der Waals surface area contributed by atoms with Gasteiger partial charge in [0.2, 0.25) is 0 Å². The van der Waals surface area contributed by atoms with Gasteiger partial charge in [-0.1, -0.05) is 12.1 Å². The summed E-state index contributed by atoms with van der Waals surface area (Å²) in [4.78, 5) is 33.7. The molecule has 0 radical (unpaired) electrons. The molecule has 0 unspecified atom stereocenters. The van der Waals surface area contributed by atoms with Gasteiger partial charge in [-0.25, -0.2) is 5.43 Å². The summed E-state index contributed by atoms with van der Waals surface area (Å²) in [5.74, 6) is -0.650. The Balaban J connectivity index is 2.11. The smallest absolute Gasteiger partial charge is 0.276 e. The molecule has 0 saturated carbocycles. The van der Waals surface area contributed by atoms with Gasteiger partial charge in [0.15, 0.2) is 0 Å². The zero-order chi connectivity index (χ0) is 16.1. The van der Waals surface area contributed by atoms with E-state index < -0.39 is 16.4 Å². The summed E-state index contributed by atoms with van der Waals surface area (Å²) in [7, 11) is 1.53. The molecule has 0 fully saturated rings. The highest BCUT2D eigenvalue weighted by atomic mass is 16.6. The molecule has 0 saturated heterocycles. The Bertz CT molecular complexity index is 810. The monoisotopic (exact) mass is 300 g/mol. The number of nitro benzene ring substituents is 1. The zero-order valence-electron chi connectivity index (χ0n) is 11.6. The molecule has 1 aromatic heterocycles. The lowest BCUT2D eigenvalue weighted by molar-refractivity contribution is -0.384. The van der Waals surface area contributed by atoms with Gasteiger partial charge in [0.05, 0.1) is 11.1 Å². The van der Waals surface area contributed by atoms with Gasteiger partial charge in [-0.05, 0) is 12.1 Å². The lowest BCUT2D eigenvalue weighted by Gasteiger charge is -2.01. The van der Waals surface area contributed by atoms with Crippen molar-refractivity contribution in [1.82, 2.24) is 9.99 Å².